The number of nitro groups is 1. The van der Waals surface area contributed by atoms with Gasteiger partial charge in [-0.1, -0.05) is 23.9 Å². The van der Waals surface area contributed by atoms with Gasteiger partial charge in [-0.25, -0.2) is 4.98 Å². The van der Waals surface area contributed by atoms with Crippen LogP contribution in [0, 0.1) is 17.0 Å². The molecule has 0 spiro atoms. The fourth-order valence-corrected chi connectivity index (χ4v) is 2.73. The third-order valence-corrected chi connectivity index (χ3v) is 3.77. The first-order valence-corrected chi connectivity index (χ1v) is 6.87. The van der Waals surface area contributed by atoms with Crippen LogP contribution in [0.3, 0.4) is 0 Å². The molecule has 0 fully saturated rings. The van der Waals surface area contributed by atoms with E-state index in [4.69, 9.17) is 5.11 Å². The van der Waals surface area contributed by atoms with Gasteiger partial charge in [-0.05, 0) is 30.7 Å². The van der Waals surface area contributed by atoms with Gasteiger partial charge in [0, 0.05) is 16.7 Å². The van der Waals surface area contributed by atoms with Crippen LogP contribution in [0.1, 0.15) is 11.1 Å². The van der Waals surface area contributed by atoms with E-state index in [-0.39, 0.29) is 12.1 Å². The fraction of sp³-hybridized carbons (Fsp3) is 0.143. The number of aliphatic carboxylic acids is 1. The van der Waals surface area contributed by atoms with Crippen LogP contribution in [-0.4, -0.2) is 21.0 Å². The highest BCUT2D eigenvalue weighted by Crippen LogP contribution is 2.34. The smallest absolute Gasteiger partial charge is 0.307 e. The van der Waals surface area contributed by atoms with Crippen LogP contribution >= 0.6 is 11.8 Å². The molecular weight excluding hydrogens is 292 g/mol. The molecule has 1 aromatic carbocycles. The summed E-state index contributed by atoms with van der Waals surface area (Å²) in [5, 5.41) is 20.1. The molecule has 2 rings (SSSR count). The first-order chi connectivity index (χ1) is 9.97. The Morgan fingerprint density at radius 1 is 1.33 bits per heavy atom. The Labute approximate surface area is 125 Å². The van der Waals surface area contributed by atoms with Crippen molar-refractivity contribution in [3.05, 3.63) is 57.8 Å². The zero-order valence-electron chi connectivity index (χ0n) is 11.1. The molecule has 7 heteroatoms. The van der Waals surface area contributed by atoms with Crippen LogP contribution in [-0.2, 0) is 11.2 Å². The number of pyridine rings is 1. The average molecular weight is 304 g/mol. The highest BCUT2D eigenvalue weighted by Gasteiger charge is 2.19. The van der Waals surface area contributed by atoms with Gasteiger partial charge in [0.1, 0.15) is 0 Å². The minimum absolute atomic E-state index is 0.00267. The van der Waals surface area contributed by atoms with Crippen molar-refractivity contribution in [2.75, 3.05) is 0 Å². The quantitative estimate of drug-likeness (QED) is 0.674. The average Bonchev–Trinajstić information content (AvgIpc) is 2.40. The molecule has 2 aromatic rings. The second-order valence-corrected chi connectivity index (χ2v) is 5.42. The highest BCUT2D eigenvalue weighted by molar-refractivity contribution is 7.99. The van der Waals surface area contributed by atoms with Crippen molar-refractivity contribution in [2.24, 2.45) is 0 Å². The highest BCUT2D eigenvalue weighted by atomic mass is 32.2. The number of aryl methyl sites for hydroxylation is 1. The number of carbonyl (C=O) groups is 1. The number of carboxylic acid groups (broad SMARTS) is 1. The maximum Gasteiger partial charge on any atom is 0.307 e. The zero-order chi connectivity index (χ0) is 15.4. The van der Waals surface area contributed by atoms with E-state index in [1.54, 1.807) is 37.3 Å². The lowest BCUT2D eigenvalue weighted by molar-refractivity contribution is -0.388. The number of benzene rings is 1. The molecule has 1 heterocycles. The SMILES string of the molecule is Cc1ccnc(Sc2ccc(CC(=O)O)cc2)c1[N+](=O)[O-]. The lowest BCUT2D eigenvalue weighted by Gasteiger charge is -2.05. The van der Waals surface area contributed by atoms with E-state index in [1.807, 2.05) is 0 Å². The Morgan fingerprint density at radius 3 is 2.57 bits per heavy atom. The maximum atomic E-state index is 11.1. The van der Waals surface area contributed by atoms with Crippen molar-refractivity contribution in [1.82, 2.24) is 4.98 Å². The van der Waals surface area contributed by atoms with Crippen molar-refractivity contribution in [3.8, 4) is 0 Å². The van der Waals surface area contributed by atoms with Gasteiger partial charge in [0.25, 0.3) is 0 Å². The molecule has 0 amide bonds. The van der Waals surface area contributed by atoms with Gasteiger partial charge in [-0.2, -0.15) is 0 Å². The van der Waals surface area contributed by atoms with E-state index in [0.29, 0.717) is 16.2 Å². The lowest BCUT2D eigenvalue weighted by Crippen LogP contribution is -1.99. The van der Waals surface area contributed by atoms with Crippen LogP contribution in [0.4, 0.5) is 5.69 Å². The Morgan fingerprint density at radius 2 is 2.00 bits per heavy atom. The molecule has 108 valence electrons. The topological polar surface area (TPSA) is 93.3 Å². The van der Waals surface area contributed by atoms with Gasteiger partial charge in [0.2, 0.25) is 0 Å². The molecule has 6 nitrogen and oxygen atoms in total. The van der Waals surface area contributed by atoms with Gasteiger partial charge in [0.05, 0.1) is 11.3 Å². The van der Waals surface area contributed by atoms with E-state index in [2.05, 4.69) is 4.98 Å². The summed E-state index contributed by atoms with van der Waals surface area (Å²) in [5.41, 5.74) is 1.23. The predicted molar refractivity (Wildman–Crippen MR) is 77.5 cm³/mol. The number of aromatic nitrogens is 1. The van der Waals surface area contributed by atoms with Gasteiger partial charge < -0.3 is 5.11 Å². The van der Waals surface area contributed by atoms with Gasteiger partial charge in [-0.15, -0.1) is 0 Å². The number of carboxylic acids is 1. The van der Waals surface area contributed by atoms with Gasteiger partial charge >= 0.3 is 11.7 Å². The fourth-order valence-electron chi connectivity index (χ4n) is 1.78. The van der Waals surface area contributed by atoms with Crippen molar-refractivity contribution >= 4 is 23.4 Å². The molecule has 1 N–H and O–H groups in total. The molecule has 0 atom stereocenters. The minimum atomic E-state index is -0.897. The Kier molecular flexibility index (Phi) is 4.54. The van der Waals surface area contributed by atoms with E-state index in [0.717, 1.165) is 4.90 Å². The zero-order valence-corrected chi connectivity index (χ0v) is 12.0. The van der Waals surface area contributed by atoms with Crippen molar-refractivity contribution in [1.29, 1.82) is 0 Å². The molecule has 0 aliphatic heterocycles. The maximum absolute atomic E-state index is 11.1. The number of rotatable bonds is 5. The normalized spacial score (nSPS) is 10.3. The number of hydrogen-bond donors (Lipinski definition) is 1. The standard InChI is InChI=1S/C14H12N2O4S/c1-9-6-7-15-14(13(9)16(19)20)21-11-4-2-10(3-5-11)8-12(17)18/h2-7H,8H2,1H3,(H,17,18). The summed E-state index contributed by atoms with van der Waals surface area (Å²) in [6.07, 6.45) is 1.48. The summed E-state index contributed by atoms with van der Waals surface area (Å²) in [7, 11) is 0. The second kappa shape index (κ2) is 6.36. The molecule has 0 aliphatic rings. The first kappa shape index (κ1) is 15.0. The summed E-state index contributed by atoms with van der Waals surface area (Å²) in [4.78, 5) is 26.1. The van der Waals surface area contributed by atoms with Gasteiger partial charge in [0.15, 0.2) is 5.03 Å². The Balaban J connectivity index is 2.24. The van der Waals surface area contributed by atoms with Crippen molar-refractivity contribution in [3.63, 3.8) is 0 Å². The molecule has 0 radical (unpaired) electrons. The summed E-state index contributed by atoms with van der Waals surface area (Å²) in [6, 6.07) is 8.45. The summed E-state index contributed by atoms with van der Waals surface area (Å²) in [6.45, 7) is 1.67. The van der Waals surface area contributed by atoms with Crippen LogP contribution < -0.4 is 0 Å². The van der Waals surface area contributed by atoms with Crippen LogP contribution in [0.5, 0.6) is 0 Å². The molecule has 0 unspecified atom stereocenters. The number of nitrogens with zero attached hydrogens (tertiary/aromatic N) is 2. The number of hydrogen-bond acceptors (Lipinski definition) is 5. The monoisotopic (exact) mass is 304 g/mol. The van der Waals surface area contributed by atoms with E-state index < -0.39 is 10.9 Å². The molecular formula is C14H12N2O4S. The van der Waals surface area contributed by atoms with Crippen molar-refractivity contribution in [2.45, 2.75) is 23.3 Å². The lowest BCUT2D eigenvalue weighted by atomic mass is 10.2. The Bertz CT molecular complexity index is 686. The summed E-state index contributed by atoms with van der Waals surface area (Å²) in [5.74, 6) is -0.897. The minimum Gasteiger partial charge on any atom is -0.481 e. The third-order valence-electron chi connectivity index (χ3n) is 2.77. The van der Waals surface area contributed by atoms with Crippen LogP contribution in [0.2, 0.25) is 0 Å². The summed E-state index contributed by atoms with van der Waals surface area (Å²) < 4.78 is 0. The molecule has 0 saturated carbocycles. The van der Waals surface area contributed by atoms with Gasteiger partial charge in [-0.3, -0.25) is 14.9 Å². The predicted octanol–water partition coefficient (Wildman–Crippen LogP) is 3.08. The molecule has 1 aromatic heterocycles. The largest absolute Gasteiger partial charge is 0.481 e. The molecule has 0 bridgehead atoms. The van der Waals surface area contributed by atoms with E-state index in [9.17, 15) is 14.9 Å². The third kappa shape index (κ3) is 3.79. The van der Waals surface area contributed by atoms with Crippen molar-refractivity contribution < 1.29 is 14.8 Å². The molecule has 21 heavy (non-hydrogen) atoms. The van der Waals surface area contributed by atoms with Crippen LogP contribution in [0.25, 0.3) is 0 Å². The molecule has 0 aliphatic carbocycles. The van der Waals surface area contributed by atoms with E-state index in [1.165, 1.54) is 18.0 Å². The second-order valence-electron chi connectivity index (χ2n) is 4.36. The Hall–Kier alpha value is -2.41. The first-order valence-electron chi connectivity index (χ1n) is 6.06. The molecule has 0 saturated heterocycles. The van der Waals surface area contributed by atoms with Crippen LogP contribution in [0.15, 0.2) is 46.5 Å². The van der Waals surface area contributed by atoms with E-state index >= 15 is 0 Å². The summed E-state index contributed by atoms with van der Waals surface area (Å²) >= 11 is 1.18.